The van der Waals surface area contributed by atoms with E-state index in [-0.39, 0.29) is 0 Å². The van der Waals surface area contributed by atoms with Crippen LogP contribution in [0.3, 0.4) is 0 Å². The number of thiocarbonyl (C=S) groups is 1. The van der Waals surface area contributed by atoms with Gasteiger partial charge in [0.15, 0.2) is 5.11 Å². The Morgan fingerprint density at radius 3 is 2.63 bits per heavy atom. The Labute approximate surface area is 187 Å². The molecule has 0 aliphatic heterocycles. The molecule has 0 bridgehead atoms. The van der Waals surface area contributed by atoms with Crippen molar-refractivity contribution >= 4 is 34.6 Å². The minimum Gasteiger partial charge on any atom is -0.497 e. The van der Waals surface area contributed by atoms with Gasteiger partial charge in [-0.3, -0.25) is 0 Å². The Hall–Kier alpha value is -2.77. The van der Waals surface area contributed by atoms with Crippen LogP contribution in [0.5, 0.6) is 11.5 Å². The standard InChI is InChI=1S/C22H25ClN4O2S/c1-28-20-9-4-17(21(14-20)29-2)15-27(12-3-11-26-13-10-24-16-26)22(30)25-19-7-5-18(23)6-8-19/h4-10,13-14,16H,3,11-12,15H2,1-2H3,(H,25,30). The number of aromatic nitrogens is 2. The van der Waals surface area contributed by atoms with E-state index in [9.17, 15) is 0 Å². The van der Waals surface area contributed by atoms with Gasteiger partial charge in [-0.15, -0.1) is 0 Å². The van der Waals surface area contributed by atoms with Gasteiger partial charge in [-0.1, -0.05) is 11.6 Å². The molecule has 2 aromatic carbocycles. The third-order valence-corrected chi connectivity index (χ3v) is 5.25. The Bertz CT molecular complexity index is 948. The van der Waals surface area contributed by atoms with Gasteiger partial charge in [0.2, 0.25) is 0 Å². The number of benzene rings is 2. The van der Waals surface area contributed by atoms with E-state index in [0.29, 0.717) is 16.7 Å². The predicted octanol–water partition coefficient (Wildman–Crippen LogP) is 4.84. The Morgan fingerprint density at radius 1 is 1.17 bits per heavy atom. The molecule has 158 valence electrons. The molecule has 0 aliphatic carbocycles. The van der Waals surface area contributed by atoms with Crippen LogP contribution in [0.2, 0.25) is 5.02 Å². The van der Waals surface area contributed by atoms with Gasteiger partial charge in [0.1, 0.15) is 11.5 Å². The van der Waals surface area contributed by atoms with E-state index >= 15 is 0 Å². The summed E-state index contributed by atoms with van der Waals surface area (Å²) in [7, 11) is 3.30. The van der Waals surface area contributed by atoms with E-state index in [1.54, 1.807) is 20.4 Å². The number of imidazole rings is 1. The van der Waals surface area contributed by atoms with Gasteiger partial charge in [0, 0.05) is 54.4 Å². The van der Waals surface area contributed by atoms with E-state index in [1.807, 2.05) is 55.0 Å². The topological polar surface area (TPSA) is 51.5 Å². The number of ether oxygens (including phenoxy) is 2. The zero-order chi connectivity index (χ0) is 21.3. The normalized spacial score (nSPS) is 10.5. The van der Waals surface area contributed by atoms with Crippen molar-refractivity contribution in [2.45, 2.75) is 19.5 Å². The Balaban J connectivity index is 1.73. The molecule has 0 radical (unpaired) electrons. The summed E-state index contributed by atoms with van der Waals surface area (Å²) >= 11 is 11.7. The molecule has 0 fully saturated rings. The molecule has 0 aliphatic rings. The second-order valence-corrected chi connectivity index (χ2v) is 7.51. The summed E-state index contributed by atoms with van der Waals surface area (Å²) in [6, 6.07) is 13.3. The summed E-state index contributed by atoms with van der Waals surface area (Å²) in [5.74, 6) is 1.52. The molecule has 3 aromatic rings. The fourth-order valence-corrected chi connectivity index (χ4v) is 3.44. The van der Waals surface area contributed by atoms with Gasteiger partial charge >= 0.3 is 0 Å². The highest BCUT2D eigenvalue weighted by Crippen LogP contribution is 2.26. The maximum Gasteiger partial charge on any atom is 0.173 e. The molecule has 0 unspecified atom stereocenters. The quantitative estimate of drug-likeness (QED) is 0.476. The molecule has 1 N–H and O–H groups in total. The highest BCUT2D eigenvalue weighted by Gasteiger charge is 2.14. The third kappa shape index (κ3) is 6.11. The first-order valence-corrected chi connectivity index (χ1v) is 10.4. The van der Waals surface area contributed by atoms with Gasteiger partial charge in [0.25, 0.3) is 0 Å². The van der Waals surface area contributed by atoms with Crippen molar-refractivity contribution in [2.24, 2.45) is 0 Å². The third-order valence-electron chi connectivity index (χ3n) is 4.64. The van der Waals surface area contributed by atoms with E-state index in [0.717, 1.165) is 42.3 Å². The van der Waals surface area contributed by atoms with E-state index < -0.39 is 0 Å². The summed E-state index contributed by atoms with van der Waals surface area (Å²) in [5.41, 5.74) is 1.92. The van der Waals surface area contributed by atoms with Crippen LogP contribution in [0.1, 0.15) is 12.0 Å². The molecule has 8 heteroatoms. The van der Waals surface area contributed by atoms with Gasteiger partial charge in [-0.2, -0.15) is 0 Å². The first-order chi connectivity index (χ1) is 14.6. The molecule has 0 saturated heterocycles. The first kappa shape index (κ1) is 21.9. The zero-order valence-electron chi connectivity index (χ0n) is 17.0. The Kier molecular flexibility index (Phi) is 7.93. The second kappa shape index (κ2) is 10.8. The lowest BCUT2D eigenvalue weighted by Crippen LogP contribution is -2.35. The van der Waals surface area contributed by atoms with Crippen molar-refractivity contribution in [2.75, 3.05) is 26.1 Å². The van der Waals surface area contributed by atoms with Crippen LogP contribution in [-0.4, -0.2) is 40.3 Å². The molecule has 1 aromatic heterocycles. The number of halogens is 1. The number of anilines is 1. The predicted molar refractivity (Wildman–Crippen MR) is 124 cm³/mol. The summed E-state index contributed by atoms with van der Waals surface area (Å²) in [6.45, 7) is 2.24. The molecular formula is C22H25ClN4O2S. The summed E-state index contributed by atoms with van der Waals surface area (Å²) < 4.78 is 12.9. The van der Waals surface area contributed by atoms with E-state index in [1.165, 1.54) is 0 Å². The zero-order valence-corrected chi connectivity index (χ0v) is 18.6. The molecule has 1 heterocycles. The lowest BCUT2D eigenvalue weighted by Gasteiger charge is -2.27. The Morgan fingerprint density at radius 2 is 1.97 bits per heavy atom. The van der Waals surface area contributed by atoms with Crippen molar-refractivity contribution in [1.82, 2.24) is 14.5 Å². The van der Waals surface area contributed by atoms with Gasteiger partial charge in [0.05, 0.1) is 20.5 Å². The highest BCUT2D eigenvalue weighted by atomic mass is 35.5. The average molecular weight is 445 g/mol. The van der Waals surface area contributed by atoms with Crippen molar-refractivity contribution in [3.63, 3.8) is 0 Å². The second-order valence-electron chi connectivity index (χ2n) is 6.69. The fraction of sp³-hybridized carbons (Fsp3) is 0.273. The number of aryl methyl sites for hydroxylation is 1. The van der Waals surface area contributed by atoms with Crippen LogP contribution in [0.15, 0.2) is 61.2 Å². The van der Waals surface area contributed by atoms with Crippen LogP contribution in [0, 0.1) is 0 Å². The fourth-order valence-electron chi connectivity index (χ4n) is 3.04. The van der Waals surface area contributed by atoms with Crippen molar-refractivity contribution in [3.8, 4) is 11.5 Å². The van der Waals surface area contributed by atoms with Crippen molar-refractivity contribution in [3.05, 3.63) is 71.8 Å². The minimum atomic E-state index is 0.608. The number of nitrogens with zero attached hydrogens (tertiary/aromatic N) is 3. The van der Waals surface area contributed by atoms with Crippen LogP contribution >= 0.6 is 23.8 Å². The average Bonchev–Trinajstić information content (AvgIpc) is 3.28. The molecule has 0 atom stereocenters. The largest absolute Gasteiger partial charge is 0.497 e. The molecule has 0 amide bonds. The van der Waals surface area contributed by atoms with Gasteiger partial charge < -0.3 is 24.3 Å². The maximum atomic E-state index is 5.99. The molecule has 6 nitrogen and oxygen atoms in total. The van der Waals surface area contributed by atoms with Crippen molar-refractivity contribution in [1.29, 1.82) is 0 Å². The van der Waals surface area contributed by atoms with Gasteiger partial charge in [-0.25, -0.2) is 4.98 Å². The minimum absolute atomic E-state index is 0.608. The summed E-state index contributed by atoms with van der Waals surface area (Å²) in [6.07, 6.45) is 6.48. The monoisotopic (exact) mass is 444 g/mol. The smallest absolute Gasteiger partial charge is 0.173 e. The number of methoxy groups -OCH3 is 2. The number of nitrogens with one attached hydrogen (secondary N) is 1. The number of hydrogen-bond acceptors (Lipinski definition) is 4. The van der Waals surface area contributed by atoms with E-state index in [2.05, 4.69) is 19.8 Å². The maximum absolute atomic E-state index is 5.99. The molecule has 3 rings (SSSR count). The molecule has 30 heavy (non-hydrogen) atoms. The lowest BCUT2D eigenvalue weighted by molar-refractivity contribution is 0.366. The number of rotatable bonds is 9. The molecule has 0 saturated carbocycles. The van der Waals surface area contributed by atoms with E-state index in [4.69, 9.17) is 33.3 Å². The highest BCUT2D eigenvalue weighted by molar-refractivity contribution is 7.80. The van der Waals surface area contributed by atoms with Crippen LogP contribution in [0.25, 0.3) is 0 Å². The number of hydrogen-bond donors (Lipinski definition) is 1. The van der Waals surface area contributed by atoms with Crippen LogP contribution in [0.4, 0.5) is 5.69 Å². The van der Waals surface area contributed by atoms with Crippen LogP contribution in [-0.2, 0) is 13.1 Å². The molecule has 0 spiro atoms. The van der Waals surface area contributed by atoms with Gasteiger partial charge in [-0.05, 0) is 55.0 Å². The van der Waals surface area contributed by atoms with Crippen LogP contribution < -0.4 is 14.8 Å². The van der Waals surface area contributed by atoms with Crippen molar-refractivity contribution < 1.29 is 9.47 Å². The lowest BCUT2D eigenvalue weighted by atomic mass is 10.1. The summed E-state index contributed by atoms with van der Waals surface area (Å²) in [5, 5.41) is 4.63. The summed E-state index contributed by atoms with van der Waals surface area (Å²) in [4.78, 5) is 6.23. The SMILES string of the molecule is COc1ccc(CN(CCCn2ccnc2)C(=S)Nc2ccc(Cl)cc2)c(OC)c1. The first-order valence-electron chi connectivity index (χ1n) is 9.57. The molecular weight excluding hydrogens is 420 g/mol.